The van der Waals surface area contributed by atoms with Crippen LogP contribution in [0.2, 0.25) is 0 Å². The Kier molecular flexibility index (Phi) is 1.94. The van der Waals surface area contributed by atoms with Crippen molar-refractivity contribution in [1.82, 2.24) is 5.16 Å². The van der Waals surface area contributed by atoms with E-state index in [0.29, 0.717) is 5.92 Å². The Balaban J connectivity index is 2.90. The van der Waals surface area contributed by atoms with Gasteiger partial charge in [0.2, 0.25) is 0 Å². The Morgan fingerprint density at radius 1 is 1.60 bits per heavy atom. The summed E-state index contributed by atoms with van der Waals surface area (Å²) in [5, 5.41) is 3.79. The molecule has 0 aromatic carbocycles. The molecule has 0 fully saturated rings. The topological polar surface area (TPSA) is 35.3 Å². The van der Waals surface area contributed by atoms with Crippen molar-refractivity contribution in [3.05, 3.63) is 12.0 Å². The maximum Gasteiger partial charge on any atom is 0.181 e. The van der Waals surface area contributed by atoms with Gasteiger partial charge in [-0.3, -0.25) is 0 Å². The van der Waals surface area contributed by atoms with Gasteiger partial charge in [0.15, 0.2) is 12.0 Å². The number of hydrogen-bond acceptors (Lipinski definition) is 3. The Hall–Kier alpha value is -0.990. The lowest BCUT2D eigenvalue weighted by atomic mass is 10.1. The van der Waals surface area contributed by atoms with Crippen molar-refractivity contribution in [2.75, 3.05) is 7.11 Å². The molecule has 0 aliphatic heterocycles. The van der Waals surface area contributed by atoms with E-state index in [1.165, 1.54) is 6.26 Å². The number of aromatic nitrogens is 1. The summed E-state index contributed by atoms with van der Waals surface area (Å²) in [6.07, 6.45) is 1.51. The van der Waals surface area contributed by atoms with E-state index in [4.69, 9.17) is 9.26 Å². The Morgan fingerprint density at radius 3 is 2.70 bits per heavy atom. The number of ether oxygens (including phenoxy) is 1. The van der Waals surface area contributed by atoms with E-state index in [2.05, 4.69) is 5.16 Å². The van der Waals surface area contributed by atoms with Crippen molar-refractivity contribution >= 4 is 0 Å². The van der Waals surface area contributed by atoms with Crippen LogP contribution in [0.25, 0.3) is 0 Å². The second-order valence-electron chi connectivity index (χ2n) is 2.42. The highest BCUT2D eigenvalue weighted by Gasteiger charge is 2.10. The van der Waals surface area contributed by atoms with E-state index in [9.17, 15) is 0 Å². The molecule has 0 atom stereocenters. The molecule has 3 heteroatoms. The SMILES string of the molecule is COc1conc1C(C)C. The second-order valence-corrected chi connectivity index (χ2v) is 2.42. The van der Waals surface area contributed by atoms with Crippen molar-refractivity contribution in [1.29, 1.82) is 0 Å². The second kappa shape index (κ2) is 2.73. The van der Waals surface area contributed by atoms with Crippen LogP contribution in [-0.2, 0) is 0 Å². The van der Waals surface area contributed by atoms with Gasteiger partial charge in [-0.1, -0.05) is 19.0 Å². The highest BCUT2D eigenvalue weighted by atomic mass is 16.5. The fourth-order valence-corrected chi connectivity index (χ4v) is 0.779. The standard InChI is InChI=1S/C7H11NO2/c1-5(2)7-6(9-3)4-10-8-7/h4-5H,1-3H3. The number of hydrogen-bond donors (Lipinski definition) is 0. The van der Waals surface area contributed by atoms with Gasteiger partial charge in [-0.2, -0.15) is 0 Å². The summed E-state index contributed by atoms with van der Waals surface area (Å²) in [6.45, 7) is 4.08. The molecule has 3 nitrogen and oxygen atoms in total. The molecular formula is C7H11NO2. The zero-order chi connectivity index (χ0) is 7.56. The monoisotopic (exact) mass is 141 g/mol. The van der Waals surface area contributed by atoms with Gasteiger partial charge in [0.25, 0.3) is 0 Å². The zero-order valence-electron chi connectivity index (χ0n) is 6.42. The first-order valence-corrected chi connectivity index (χ1v) is 3.24. The normalized spacial score (nSPS) is 10.4. The van der Waals surface area contributed by atoms with E-state index < -0.39 is 0 Å². The molecule has 0 bridgehead atoms. The van der Waals surface area contributed by atoms with Gasteiger partial charge < -0.3 is 9.26 Å². The van der Waals surface area contributed by atoms with E-state index in [0.717, 1.165) is 11.4 Å². The molecular weight excluding hydrogens is 130 g/mol. The van der Waals surface area contributed by atoms with E-state index in [1.807, 2.05) is 13.8 Å². The number of methoxy groups -OCH3 is 1. The summed E-state index contributed by atoms with van der Waals surface area (Å²) in [5.74, 6) is 1.09. The van der Waals surface area contributed by atoms with Crippen LogP contribution in [0.4, 0.5) is 0 Å². The third kappa shape index (κ3) is 1.12. The molecule has 1 aromatic heterocycles. The summed E-state index contributed by atoms with van der Waals surface area (Å²) < 4.78 is 9.71. The lowest BCUT2D eigenvalue weighted by Crippen LogP contribution is -1.91. The Morgan fingerprint density at radius 2 is 2.30 bits per heavy atom. The molecule has 0 saturated carbocycles. The molecule has 0 spiro atoms. The van der Waals surface area contributed by atoms with Gasteiger partial charge in [-0.25, -0.2) is 0 Å². The number of rotatable bonds is 2. The highest BCUT2D eigenvalue weighted by Crippen LogP contribution is 2.23. The average molecular weight is 141 g/mol. The summed E-state index contributed by atoms with van der Waals surface area (Å²) in [5.41, 5.74) is 0.877. The van der Waals surface area contributed by atoms with Crippen LogP contribution >= 0.6 is 0 Å². The van der Waals surface area contributed by atoms with E-state index in [1.54, 1.807) is 7.11 Å². The minimum atomic E-state index is 0.355. The minimum absolute atomic E-state index is 0.355. The van der Waals surface area contributed by atoms with Crippen LogP contribution in [-0.4, -0.2) is 12.3 Å². The van der Waals surface area contributed by atoms with E-state index >= 15 is 0 Å². The van der Waals surface area contributed by atoms with Crippen LogP contribution in [0, 0.1) is 0 Å². The zero-order valence-corrected chi connectivity index (χ0v) is 6.42. The molecule has 0 saturated heterocycles. The van der Waals surface area contributed by atoms with Crippen LogP contribution in [0.1, 0.15) is 25.5 Å². The van der Waals surface area contributed by atoms with Gasteiger partial charge in [-0.15, -0.1) is 0 Å². The Labute approximate surface area is 60.0 Å². The smallest absolute Gasteiger partial charge is 0.181 e. The molecule has 10 heavy (non-hydrogen) atoms. The average Bonchev–Trinajstić information content (AvgIpc) is 2.33. The van der Waals surface area contributed by atoms with Gasteiger partial charge in [-0.05, 0) is 0 Å². The van der Waals surface area contributed by atoms with Gasteiger partial charge >= 0.3 is 0 Å². The molecule has 0 aliphatic rings. The fraction of sp³-hybridized carbons (Fsp3) is 0.571. The van der Waals surface area contributed by atoms with Crippen molar-refractivity contribution < 1.29 is 9.26 Å². The van der Waals surface area contributed by atoms with Gasteiger partial charge in [0, 0.05) is 5.92 Å². The maximum absolute atomic E-state index is 4.99. The molecule has 0 N–H and O–H groups in total. The van der Waals surface area contributed by atoms with E-state index in [-0.39, 0.29) is 0 Å². The van der Waals surface area contributed by atoms with Crippen LogP contribution < -0.4 is 4.74 Å². The first kappa shape index (κ1) is 7.12. The largest absolute Gasteiger partial charge is 0.491 e. The van der Waals surface area contributed by atoms with Crippen LogP contribution in [0.15, 0.2) is 10.8 Å². The molecule has 1 aromatic rings. The molecule has 0 aliphatic carbocycles. The molecule has 1 heterocycles. The third-order valence-corrected chi connectivity index (χ3v) is 1.33. The summed E-state index contributed by atoms with van der Waals surface area (Å²) in [6, 6.07) is 0. The highest BCUT2D eigenvalue weighted by molar-refractivity contribution is 5.24. The van der Waals surface area contributed by atoms with Crippen LogP contribution in [0.3, 0.4) is 0 Å². The molecule has 1 rings (SSSR count). The lowest BCUT2D eigenvalue weighted by molar-refractivity contribution is 0.390. The van der Waals surface area contributed by atoms with Crippen molar-refractivity contribution in [2.24, 2.45) is 0 Å². The summed E-state index contributed by atoms with van der Waals surface area (Å²) in [7, 11) is 1.61. The van der Waals surface area contributed by atoms with Crippen molar-refractivity contribution in [3.8, 4) is 5.75 Å². The molecule has 0 unspecified atom stereocenters. The predicted molar refractivity (Wildman–Crippen MR) is 37.1 cm³/mol. The van der Waals surface area contributed by atoms with Crippen molar-refractivity contribution in [3.63, 3.8) is 0 Å². The molecule has 0 radical (unpaired) electrons. The summed E-state index contributed by atoms with van der Waals surface area (Å²) in [4.78, 5) is 0. The maximum atomic E-state index is 4.99. The van der Waals surface area contributed by atoms with Gasteiger partial charge in [0.1, 0.15) is 5.69 Å². The summed E-state index contributed by atoms with van der Waals surface area (Å²) >= 11 is 0. The lowest BCUT2D eigenvalue weighted by Gasteiger charge is -2.00. The quantitative estimate of drug-likeness (QED) is 0.630. The van der Waals surface area contributed by atoms with Crippen LogP contribution in [0.5, 0.6) is 5.75 Å². The number of nitrogens with zero attached hydrogens (tertiary/aromatic N) is 1. The minimum Gasteiger partial charge on any atom is -0.491 e. The van der Waals surface area contributed by atoms with Gasteiger partial charge in [0.05, 0.1) is 7.11 Å². The molecule has 56 valence electrons. The predicted octanol–water partition coefficient (Wildman–Crippen LogP) is 1.81. The Bertz CT molecular complexity index is 205. The molecule has 0 amide bonds. The first-order chi connectivity index (χ1) is 4.75. The van der Waals surface area contributed by atoms with Crippen molar-refractivity contribution in [2.45, 2.75) is 19.8 Å². The fourth-order valence-electron chi connectivity index (χ4n) is 0.779. The third-order valence-electron chi connectivity index (χ3n) is 1.33. The first-order valence-electron chi connectivity index (χ1n) is 3.24.